The predicted octanol–water partition coefficient (Wildman–Crippen LogP) is 3.81. The Balaban J connectivity index is 3.33. The number of aromatic nitrogens is 2. The van der Waals surface area contributed by atoms with Gasteiger partial charge in [-0.1, -0.05) is 41.5 Å². The van der Waals surface area contributed by atoms with Crippen LogP contribution in [0.3, 0.4) is 0 Å². The minimum absolute atomic E-state index is 0.0315. The van der Waals surface area contributed by atoms with Crippen molar-refractivity contribution in [1.29, 1.82) is 0 Å². The van der Waals surface area contributed by atoms with E-state index in [0.29, 0.717) is 5.88 Å². The highest BCUT2D eigenvalue weighted by atomic mass is 35.5. The maximum Gasteiger partial charge on any atom is 0.143 e. The molecule has 1 rings (SSSR count). The van der Waals surface area contributed by atoms with Crippen molar-refractivity contribution in [3.05, 3.63) is 23.3 Å². The fourth-order valence-corrected chi connectivity index (χ4v) is 1.44. The van der Waals surface area contributed by atoms with Crippen LogP contribution in [0.1, 0.15) is 58.8 Å². The van der Waals surface area contributed by atoms with E-state index >= 15 is 0 Å². The molecule has 16 heavy (non-hydrogen) atoms. The third kappa shape index (κ3) is 3.18. The summed E-state index contributed by atoms with van der Waals surface area (Å²) in [6.07, 6.45) is 0. The SMILES string of the molecule is CC(C)(C)c1cc(C(C)(C)C)nc(CCl)n1. The summed E-state index contributed by atoms with van der Waals surface area (Å²) in [5.74, 6) is 1.09. The van der Waals surface area contributed by atoms with Gasteiger partial charge in [0.25, 0.3) is 0 Å². The molecule has 0 radical (unpaired) electrons. The van der Waals surface area contributed by atoms with Gasteiger partial charge in [0.05, 0.1) is 5.88 Å². The molecule has 2 nitrogen and oxygen atoms in total. The van der Waals surface area contributed by atoms with Gasteiger partial charge in [-0.3, -0.25) is 0 Å². The van der Waals surface area contributed by atoms with Crippen LogP contribution in [0, 0.1) is 0 Å². The first-order valence-corrected chi connectivity index (χ1v) is 6.13. The highest BCUT2D eigenvalue weighted by molar-refractivity contribution is 6.16. The van der Waals surface area contributed by atoms with E-state index in [0.717, 1.165) is 17.2 Å². The van der Waals surface area contributed by atoms with Crippen molar-refractivity contribution in [2.45, 2.75) is 58.3 Å². The normalized spacial score (nSPS) is 12.9. The van der Waals surface area contributed by atoms with Crippen LogP contribution in [0.2, 0.25) is 0 Å². The quantitative estimate of drug-likeness (QED) is 0.698. The number of hydrogen-bond acceptors (Lipinski definition) is 2. The van der Waals surface area contributed by atoms with Crippen molar-refractivity contribution in [3.8, 4) is 0 Å². The van der Waals surface area contributed by atoms with Crippen LogP contribution >= 0.6 is 11.6 Å². The average Bonchev–Trinajstić information content (AvgIpc) is 2.14. The van der Waals surface area contributed by atoms with Crippen LogP contribution in [-0.4, -0.2) is 9.97 Å². The highest BCUT2D eigenvalue weighted by Crippen LogP contribution is 2.26. The lowest BCUT2D eigenvalue weighted by Gasteiger charge is -2.23. The first-order chi connectivity index (χ1) is 7.14. The molecular formula is C13H21ClN2. The summed E-state index contributed by atoms with van der Waals surface area (Å²) in [5.41, 5.74) is 2.18. The number of halogens is 1. The fraction of sp³-hybridized carbons (Fsp3) is 0.692. The molecule has 0 aliphatic carbocycles. The van der Waals surface area contributed by atoms with Gasteiger partial charge in [-0.2, -0.15) is 0 Å². The second-order valence-electron chi connectivity index (χ2n) is 6.19. The van der Waals surface area contributed by atoms with Gasteiger partial charge >= 0.3 is 0 Å². The Morgan fingerprint density at radius 3 is 1.56 bits per heavy atom. The molecule has 0 atom stereocenters. The summed E-state index contributed by atoms with van der Waals surface area (Å²) < 4.78 is 0. The second kappa shape index (κ2) is 4.33. The summed E-state index contributed by atoms with van der Waals surface area (Å²) in [7, 11) is 0. The molecule has 0 saturated carbocycles. The van der Waals surface area contributed by atoms with E-state index in [2.05, 4.69) is 57.6 Å². The molecule has 3 heteroatoms. The van der Waals surface area contributed by atoms with E-state index in [1.165, 1.54) is 0 Å². The van der Waals surface area contributed by atoms with E-state index < -0.39 is 0 Å². The standard InChI is InChI=1S/C13H21ClN2/c1-12(2,3)9-7-10(13(4,5)6)16-11(8-14)15-9/h7H,8H2,1-6H3. The molecule has 0 fully saturated rings. The van der Waals surface area contributed by atoms with Gasteiger partial charge in [0.1, 0.15) is 5.82 Å². The van der Waals surface area contributed by atoms with Crippen LogP contribution in [0.5, 0.6) is 0 Å². The molecule has 0 spiro atoms. The summed E-state index contributed by atoms with van der Waals surface area (Å²) >= 11 is 5.85. The van der Waals surface area contributed by atoms with Gasteiger partial charge in [0, 0.05) is 22.2 Å². The molecule has 0 aliphatic rings. The van der Waals surface area contributed by atoms with Gasteiger partial charge in [-0.15, -0.1) is 11.6 Å². The maximum atomic E-state index is 5.85. The summed E-state index contributed by atoms with van der Waals surface area (Å²) in [6, 6.07) is 2.09. The van der Waals surface area contributed by atoms with Crippen molar-refractivity contribution in [2.75, 3.05) is 0 Å². The van der Waals surface area contributed by atoms with Gasteiger partial charge < -0.3 is 0 Å². The van der Waals surface area contributed by atoms with Crippen LogP contribution in [0.15, 0.2) is 6.07 Å². The molecule has 1 heterocycles. The lowest BCUT2D eigenvalue weighted by Crippen LogP contribution is -2.21. The topological polar surface area (TPSA) is 25.8 Å². The van der Waals surface area contributed by atoms with Crippen molar-refractivity contribution in [3.63, 3.8) is 0 Å². The first-order valence-electron chi connectivity index (χ1n) is 5.59. The minimum atomic E-state index is 0.0315. The summed E-state index contributed by atoms with van der Waals surface area (Å²) in [5, 5.41) is 0. The summed E-state index contributed by atoms with van der Waals surface area (Å²) in [6.45, 7) is 12.9. The number of nitrogens with zero attached hydrogens (tertiary/aromatic N) is 2. The smallest absolute Gasteiger partial charge is 0.143 e. The predicted molar refractivity (Wildman–Crippen MR) is 69.0 cm³/mol. The van der Waals surface area contributed by atoms with E-state index in [-0.39, 0.29) is 10.8 Å². The monoisotopic (exact) mass is 240 g/mol. The van der Waals surface area contributed by atoms with Gasteiger partial charge in [0.15, 0.2) is 0 Å². The van der Waals surface area contributed by atoms with Gasteiger partial charge in [0.2, 0.25) is 0 Å². The van der Waals surface area contributed by atoms with E-state index in [1.54, 1.807) is 0 Å². The molecule has 1 aromatic rings. The zero-order valence-corrected chi connectivity index (χ0v) is 11.8. The molecule has 0 saturated heterocycles. The molecule has 0 aliphatic heterocycles. The largest absolute Gasteiger partial charge is 0.236 e. The fourth-order valence-electron chi connectivity index (χ4n) is 1.33. The zero-order chi connectivity index (χ0) is 12.6. The summed E-state index contributed by atoms with van der Waals surface area (Å²) in [4.78, 5) is 8.99. The molecular weight excluding hydrogens is 220 g/mol. The Kier molecular flexibility index (Phi) is 3.63. The third-order valence-corrected chi connectivity index (χ3v) is 2.67. The lowest BCUT2D eigenvalue weighted by molar-refractivity contribution is 0.532. The van der Waals surface area contributed by atoms with Crippen LogP contribution in [0.25, 0.3) is 0 Å². The Bertz CT molecular complexity index is 340. The van der Waals surface area contributed by atoms with E-state index in [9.17, 15) is 0 Å². The van der Waals surface area contributed by atoms with Crippen molar-refractivity contribution >= 4 is 11.6 Å². The Morgan fingerprint density at radius 1 is 0.938 bits per heavy atom. The lowest BCUT2D eigenvalue weighted by atomic mass is 9.86. The number of alkyl halides is 1. The first kappa shape index (κ1) is 13.4. The van der Waals surface area contributed by atoms with Crippen molar-refractivity contribution < 1.29 is 0 Å². The molecule has 0 unspecified atom stereocenters. The molecule has 0 N–H and O–H groups in total. The number of rotatable bonds is 1. The van der Waals surface area contributed by atoms with E-state index in [1.807, 2.05) is 0 Å². The van der Waals surface area contributed by atoms with Crippen molar-refractivity contribution in [2.24, 2.45) is 0 Å². The molecule has 0 aromatic carbocycles. The second-order valence-corrected chi connectivity index (χ2v) is 6.46. The van der Waals surface area contributed by atoms with Gasteiger partial charge in [-0.25, -0.2) is 9.97 Å². The van der Waals surface area contributed by atoms with Crippen LogP contribution < -0.4 is 0 Å². The molecule has 0 bridgehead atoms. The molecule has 90 valence electrons. The highest BCUT2D eigenvalue weighted by Gasteiger charge is 2.22. The van der Waals surface area contributed by atoms with Gasteiger partial charge in [-0.05, 0) is 6.07 Å². The van der Waals surface area contributed by atoms with Crippen LogP contribution in [-0.2, 0) is 16.7 Å². The van der Waals surface area contributed by atoms with Crippen LogP contribution in [0.4, 0.5) is 0 Å². The van der Waals surface area contributed by atoms with E-state index in [4.69, 9.17) is 11.6 Å². The third-order valence-electron chi connectivity index (χ3n) is 2.43. The number of hydrogen-bond donors (Lipinski definition) is 0. The average molecular weight is 241 g/mol. The minimum Gasteiger partial charge on any atom is -0.236 e. The Morgan fingerprint density at radius 2 is 1.31 bits per heavy atom. The Hall–Kier alpha value is -0.630. The molecule has 1 aromatic heterocycles. The maximum absolute atomic E-state index is 5.85. The Labute approximate surface area is 103 Å². The molecule has 0 amide bonds. The van der Waals surface area contributed by atoms with Crippen molar-refractivity contribution in [1.82, 2.24) is 9.97 Å². The zero-order valence-electron chi connectivity index (χ0n) is 11.1.